The first-order valence-electron chi connectivity index (χ1n) is 6.39. The number of non-ortho nitro benzene ring substituents is 1. The van der Waals surface area contributed by atoms with Crippen LogP contribution < -0.4 is 5.32 Å². The number of nitrogens with zero attached hydrogens (tertiary/aromatic N) is 1. The molecule has 2 aromatic carbocycles. The zero-order valence-electron chi connectivity index (χ0n) is 11.4. The molecule has 0 aliphatic heterocycles. The second-order valence-electron chi connectivity index (χ2n) is 4.47. The Morgan fingerprint density at radius 2 is 2.05 bits per heavy atom. The highest BCUT2D eigenvalue weighted by Gasteiger charge is 2.15. The van der Waals surface area contributed by atoms with E-state index in [-0.39, 0.29) is 16.9 Å². The van der Waals surface area contributed by atoms with Gasteiger partial charge in [-0.3, -0.25) is 10.1 Å². The van der Waals surface area contributed by atoms with Crippen molar-refractivity contribution in [2.24, 2.45) is 0 Å². The van der Waals surface area contributed by atoms with E-state index in [0.717, 1.165) is 12.0 Å². The molecule has 0 bridgehead atoms. The highest BCUT2D eigenvalue weighted by atomic mass is 16.6. The van der Waals surface area contributed by atoms with E-state index in [9.17, 15) is 14.9 Å². The van der Waals surface area contributed by atoms with Crippen LogP contribution >= 0.6 is 0 Å². The molecule has 6 heteroatoms. The number of carboxylic acid groups (broad SMARTS) is 1. The van der Waals surface area contributed by atoms with Gasteiger partial charge in [0.25, 0.3) is 5.69 Å². The van der Waals surface area contributed by atoms with Crippen LogP contribution in [0.5, 0.6) is 0 Å². The zero-order chi connectivity index (χ0) is 15.4. The quantitative estimate of drug-likeness (QED) is 0.647. The number of hydrogen-bond acceptors (Lipinski definition) is 4. The summed E-state index contributed by atoms with van der Waals surface area (Å²) < 4.78 is 0. The van der Waals surface area contributed by atoms with Crippen LogP contribution in [0.3, 0.4) is 0 Å². The molecule has 2 aromatic rings. The summed E-state index contributed by atoms with van der Waals surface area (Å²) in [5.41, 5.74) is 1.81. The second kappa shape index (κ2) is 6.04. The third kappa shape index (κ3) is 3.36. The summed E-state index contributed by atoms with van der Waals surface area (Å²) >= 11 is 0. The van der Waals surface area contributed by atoms with Gasteiger partial charge in [0.05, 0.1) is 16.2 Å². The molecule has 0 atom stereocenters. The summed E-state index contributed by atoms with van der Waals surface area (Å²) in [6, 6.07) is 11.1. The van der Waals surface area contributed by atoms with Crippen molar-refractivity contribution < 1.29 is 14.8 Å². The molecule has 0 amide bonds. The number of carbonyl (C=O) groups is 1. The molecule has 0 aliphatic carbocycles. The van der Waals surface area contributed by atoms with E-state index < -0.39 is 10.9 Å². The predicted molar refractivity (Wildman–Crippen MR) is 79.2 cm³/mol. The number of aryl methyl sites for hydroxylation is 1. The predicted octanol–water partition coefficient (Wildman–Crippen LogP) is 3.60. The molecule has 0 heterocycles. The van der Waals surface area contributed by atoms with Crippen molar-refractivity contribution in [2.75, 3.05) is 5.32 Å². The molecule has 0 spiro atoms. The van der Waals surface area contributed by atoms with Gasteiger partial charge in [-0.25, -0.2) is 4.79 Å². The van der Waals surface area contributed by atoms with E-state index in [2.05, 4.69) is 5.32 Å². The first kappa shape index (κ1) is 14.5. The third-order valence-corrected chi connectivity index (χ3v) is 3.06. The summed E-state index contributed by atoms with van der Waals surface area (Å²) in [6.07, 6.45) is 0.843. The lowest BCUT2D eigenvalue weighted by atomic mass is 10.1. The van der Waals surface area contributed by atoms with Crippen molar-refractivity contribution in [1.82, 2.24) is 0 Å². The average Bonchev–Trinajstić information content (AvgIpc) is 2.47. The fraction of sp³-hybridized carbons (Fsp3) is 0.133. The Morgan fingerprint density at radius 3 is 2.67 bits per heavy atom. The maximum Gasteiger partial charge on any atom is 0.337 e. The molecule has 21 heavy (non-hydrogen) atoms. The number of rotatable bonds is 5. The zero-order valence-corrected chi connectivity index (χ0v) is 11.4. The van der Waals surface area contributed by atoms with Crippen LogP contribution in [-0.4, -0.2) is 16.0 Å². The highest BCUT2D eigenvalue weighted by molar-refractivity contribution is 5.95. The second-order valence-corrected chi connectivity index (χ2v) is 4.47. The van der Waals surface area contributed by atoms with Crippen LogP contribution in [0.15, 0.2) is 42.5 Å². The maximum absolute atomic E-state index is 11.2. The molecule has 0 aromatic heterocycles. The SMILES string of the molecule is CCc1cccc(Nc2cc([N+](=O)[O-])ccc2C(=O)O)c1. The number of carboxylic acids is 1. The van der Waals surface area contributed by atoms with E-state index in [1.54, 1.807) is 6.07 Å². The topological polar surface area (TPSA) is 92.5 Å². The van der Waals surface area contributed by atoms with Crippen molar-refractivity contribution in [2.45, 2.75) is 13.3 Å². The number of aromatic carboxylic acids is 1. The summed E-state index contributed by atoms with van der Waals surface area (Å²) in [5, 5.41) is 22.9. The van der Waals surface area contributed by atoms with Crippen LogP contribution in [0.1, 0.15) is 22.8 Å². The summed E-state index contributed by atoms with van der Waals surface area (Å²) in [7, 11) is 0. The first-order chi connectivity index (χ1) is 10.0. The first-order valence-corrected chi connectivity index (χ1v) is 6.39. The van der Waals surface area contributed by atoms with Crippen LogP contribution in [0.25, 0.3) is 0 Å². The van der Waals surface area contributed by atoms with E-state index in [0.29, 0.717) is 5.69 Å². The van der Waals surface area contributed by atoms with Gasteiger partial charge in [0, 0.05) is 17.8 Å². The Kier molecular flexibility index (Phi) is 4.18. The molecule has 0 radical (unpaired) electrons. The van der Waals surface area contributed by atoms with Crippen molar-refractivity contribution >= 4 is 23.0 Å². The van der Waals surface area contributed by atoms with Gasteiger partial charge in [-0.05, 0) is 30.2 Å². The standard InChI is InChI=1S/C15H14N2O4/c1-2-10-4-3-5-11(8-10)16-14-9-12(17(20)21)6-7-13(14)15(18)19/h3-9,16H,2H2,1H3,(H,18,19). The molecular weight excluding hydrogens is 272 g/mol. The fourth-order valence-electron chi connectivity index (χ4n) is 1.96. The lowest BCUT2D eigenvalue weighted by Crippen LogP contribution is -2.04. The van der Waals surface area contributed by atoms with Gasteiger partial charge in [-0.1, -0.05) is 19.1 Å². The Hall–Kier alpha value is -2.89. The highest BCUT2D eigenvalue weighted by Crippen LogP contribution is 2.26. The molecule has 0 fully saturated rings. The van der Waals surface area contributed by atoms with Crippen LogP contribution in [-0.2, 0) is 6.42 Å². The Balaban J connectivity index is 2.42. The largest absolute Gasteiger partial charge is 0.478 e. The third-order valence-electron chi connectivity index (χ3n) is 3.06. The molecule has 2 rings (SSSR count). The fourth-order valence-corrected chi connectivity index (χ4v) is 1.96. The van der Waals surface area contributed by atoms with Crippen LogP contribution in [0.2, 0.25) is 0 Å². The molecule has 0 saturated carbocycles. The van der Waals surface area contributed by atoms with Gasteiger partial charge in [-0.2, -0.15) is 0 Å². The lowest BCUT2D eigenvalue weighted by Gasteiger charge is -2.10. The molecule has 0 aliphatic rings. The molecule has 108 valence electrons. The van der Waals surface area contributed by atoms with Gasteiger partial charge in [0.2, 0.25) is 0 Å². The number of anilines is 2. The number of benzene rings is 2. The Morgan fingerprint density at radius 1 is 1.29 bits per heavy atom. The summed E-state index contributed by atoms with van der Waals surface area (Å²) in [6.45, 7) is 2.01. The van der Waals surface area contributed by atoms with Crippen LogP contribution in [0.4, 0.5) is 17.1 Å². The summed E-state index contributed by atoms with van der Waals surface area (Å²) in [5.74, 6) is -1.14. The van der Waals surface area contributed by atoms with Crippen molar-refractivity contribution in [3.63, 3.8) is 0 Å². The maximum atomic E-state index is 11.2. The minimum atomic E-state index is -1.14. The summed E-state index contributed by atoms with van der Waals surface area (Å²) in [4.78, 5) is 21.5. The Bertz CT molecular complexity index is 698. The van der Waals surface area contributed by atoms with Gasteiger partial charge >= 0.3 is 5.97 Å². The number of nitrogens with one attached hydrogen (secondary N) is 1. The van der Waals surface area contributed by atoms with Gasteiger partial charge in [0.15, 0.2) is 0 Å². The number of hydrogen-bond donors (Lipinski definition) is 2. The van der Waals surface area contributed by atoms with E-state index in [1.165, 1.54) is 18.2 Å². The smallest absolute Gasteiger partial charge is 0.337 e. The van der Waals surface area contributed by atoms with E-state index >= 15 is 0 Å². The molecule has 0 saturated heterocycles. The molecule has 2 N–H and O–H groups in total. The minimum absolute atomic E-state index is 0.0116. The normalized spacial score (nSPS) is 10.1. The van der Waals surface area contributed by atoms with Crippen molar-refractivity contribution in [1.29, 1.82) is 0 Å². The van der Waals surface area contributed by atoms with Gasteiger partial charge < -0.3 is 10.4 Å². The number of nitro groups is 1. The van der Waals surface area contributed by atoms with Gasteiger partial charge in [-0.15, -0.1) is 0 Å². The Labute approximate surface area is 121 Å². The molecule has 6 nitrogen and oxygen atoms in total. The average molecular weight is 286 g/mol. The van der Waals surface area contributed by atoms with E-state index in [1.807, 2.05) is 25.1 Å². The van der Waals surface area contributed by atoms with Crippen molar-refractivity contribution in [3.8, 4) is 0 Å². The van der Waals surface area contributed by atoms with Gasteiger partial charge in [0.1, 0.15) is 0 Å². The molecular formula is C15H14N2O4. The lowest BCUT2D eigenvalue weighted by molar-refractivity contribution is -0.384. The van der Waals surface area contributed by atoms with Crippen LogP contribution in [0, 0.1) is 10.1 Å². The molecule has 0 unspecified atom stereocenters. The van der Waals surface area contributed by atoms with E-state index in [4.69, 9.17) is 5.11 Å². The monoisotopic (exact) mass is 286 g/mol. The van der Waals surface area contributed by atoms with Crippen molar-refractivity contribution in [3.05, 3.63) is 63.7 Å². The minimum Gasteiger partial charge on any atom is -0.478 e. The number of nitro benzene ring substituents is 1.